The number of hydrogen-bond donors (Lipinski definition) is 2. The van der Waals surface area contributed by atoms with Crippen molar-refractivity contribution in [2.24, 2.45) is 5.92 Å². The summed E-state index contributed by atoms with van der Waals surface area (Å²) in [5.41, 5.74) is 5.97. The zero-order valence-corrected chi connectivity index (χ0v) is 13.9. The van der Waals surface area contributed by atoms with E-state index in [1.807, 2.05) is 12.1 Å². The maximum absolute atomic E-state index is 12.7. The molecular formula is C21H22N2O. The fraction of sp³-hybridized carbons (Fsp3) is 0.286. The van der Waals surface area contributed by atoms with Gasteiger partial charge in [0.15, 0.2) is 0 Å². The van der Waals surface area contributed by atoms with Gasteiger partial charge in [-0.1, -0.05) is 37.3 Å². The number of fused-ring (bicyclic) bond motifs is 3. The molecule has 2 aromatic carbocycles. The Bertz CT molecular complexity index is 876. The van der Waals surface area contributed by atoms with Crippen molar-refractivity contribution in [3.63, 3.8) is 0 Å². The molecule has 1 atom stereocenters. The van der Waals surface area contributed by atoms with Crippen LogP contribution in [0.25, 0.3) is 10.9 Å². The maximum atomic E-state index is 12.7. The molecule has 1 heterocycles. The van der Waals surface area contributed by atoms with Crippen molar-refractivity contribution in [3.05, 3.63) is 65.4 Å². The number of benzene rings is 2. The van der Waals surface area contributed by atoms with Crippen LogP contribution < -0.4 is 5.32 Å². The van der Waals surface area contributed by atoms with Gasteiger partial charge in [0, 0.05) is 28.2 Å². The quantitative estimate of drug-likeness (QED) is 0.735. The topological polar surface area (TPSA) is 44.9 Å². The van der Waals surface area contributed by atoms with Gasteiger partial charge in [-0.3, -0.25) is 4.79 Å². The summed E-state index contributed by atoms with van der Waals surface area (Å²) in [6.45, 7) is 2.13. The molecule has 0 saturated carbocycles. The highest BCUT2D eigenvalue weighted by Gasteiger charge is 2.27. The number of rotatable bonds is 3. The summed E-state index contributed by atoms with van der Waals surface area (Å²) in [5, 5.41) is 4.35. The molecule has 3 nitrogen and oxygen atoms in total. The number of para-hydroxylation sites is 1. The molecule has 0 aliphatic heterocycles. The van der Waals surface area contributed by atoms with Crippen molar-refractivity contribution in [1.29, 1.82) is 0 Å². The first-order valence-electron chi connectivity index (χ1n) is 8.73. The van der Waals surface area contributed by atoms with E-state index in [9.17, 15) is 4.79 Å². The Kier molecular flexibility index (Phi) is 3.85. The molecule has 2 N–H and O–H groups in total. The van der Waals surface area contributed by atoms with Crippen molar-refractivity contribution in [2.45, 2.75) is 32.6 Å². The molecule has 3 heteroatoms. The lowest BCUT2D eigenvalue weighted by molar-refractivity contribution is -0.120. The summed E-state index contributed by atoms with van der Waals surface area (Å²) in [6.07, 6.45) is 3.67. The third-order valence-electron chi connectivity index (χ3n) is 5.10. The summed E-state index contributed by atoms with van der Waals surface area (Å²) in [5.74, 6) is 0.178. The van der Waals surface area contributed by atoms with Crippen molar-refractivity contribution < 1.29 is 4.79 Å². The molecule has 24 heavy (non-hydrogen) atoms. The number of aromatic amines is 1. The minimum Gasteiger partial charge on any atom is -0.358 e. The normalized spacial score (nSPS) is 16.8. The fourth-order valence-corrected chi connectivity index (χ4v) is 3.66. The highest BCUT2D eigenvalue weighted by molar-refractivity contribution is 5.94. The van der Waals surface area contributed by atoms with Crippen LogP contribution in [-0.4, -0.2) is 10.9 Å². The summed E-state index contributed by atoms with van der Waals surface area (Å²) >= 11 is 0. The second-order valence-electron chi connectivity index (χ2n) is 6.61. The highest BCUT2D eigenvalue weighted by Crippen LogP contribution is 2.32. The van der Waals surface area contributed by atoms with Crippen molar-refractivity contribution in [3.8, 4) is 0 Å². The molecular weight excluding hydrogens is 296 g/mol. The predicted molar refractivity (Wildman–Crippen MR) is 98.3 cm³/mol. The molecule has 1 aromatic heterocycles. The largest absolute Gasteiger partial charge is 0.358 e. The monoisotopic (exact) mass is 318 g/mol. The second-order valence-corrected chi connectivity index (χ2v) is 6.61. The smallest absolute Gasteiger partial charge is 0.227 e. The summed E-state index contributed by atoms with van der Waals surface area (Å²) in [6, 6.07) is 16.5. The molecule has 1 amide bonds. The van der Waals surface area contributed by atoms with E-state index in [4.69, 9.17) is 0 Å². The van der Waals surface area contributed by atoms with Gasteiger partial charge >= 0.3 is 0 Å². The molecule has 4 rings (SSSR count). The van der Waals surface area contributed by atoms with Crippen LogP contribution in [0.4, 0.5) is 5.69 Å². The minimum absolute atomic E-state index is 0.0440. The standard InChI is InChI=1S/C21H22N2O/c1-2-14-7-10-16(11-8-14)22-21(24)15-9-12-20-18(13-15)17-5-3-4-6-19(17)23-20/h3-8,10-11,15,23H,2,9,12-13H2,1H3,(H,22,24). The third-order valence-corrected chi connectivity index (χ3v) is 5.10. The summed E-state index contributed by atoms with van der Waals surface area (Å²) in [4.78, 5) is 16.2. The lowest BCUT2D eigenvalue weighted by atomic mass is 9.86. The van der Waals surface area contributed by atoms with Crippen LogP contribution in [0.2, 0.25) is 0 Å². The third kappa shape index (κ3) is 2.71. The molecule has 0 saturated heterocycles. The number of hydrogen-bond acceptors (Lipinski definition) is 1. The first-order valence-corrected chi connectivity index (χ1v) is 8.73. The van der Waals surface area contributed by atoms with Crippen LogP contribution in [0, 0.1) is 5.92 Å². The van der Waals surface area contributed by atoms with Crippen molar-refractivity contribution in [2.75, 3.05) is 5.32 Å². The predicted octanol–water partition coefficient (Wildman–Crippen LogP) is 4.47. The molecule has 0 radical (unpaired) electrons. The molecule has 1 unspecified atom stereocenters. The number of carbonyl (C=O) groups excluding carboxylic acids is 1. The Morgan fingerprint density at radius 2 is 1.96 bits per heavy atom. The van der Waals surface area contributed by atoms with Crippen molar-refractivity contribution >= 4 is 22.5 Å². The van der Waals surface area contributed by atoms with Gasteiger partial charge in [-0.15, -0.1) is 0 Å². The SMILES string of the molecule is CCc1ccc(NC(=O)C2CCc3[nH]c4ccccc4c3C2)cc1. The first kappa shape index (κ1) is 15.0. The Labute approximate surface area is 142 Å². The van der Waals surface area contributed by atoms with Crippen LogP contribution in [0.15, 0.2) is 48.5 Å². The van der Waals surface area contributed by atoms with Crippen LogP contribution in [0.1, 0.15) is 30.2 Å². The second kappa shape index (κ2) is 6.16. The number of aryl methyl sites for hydroxylation is 2. The van der Waals surface area contributed by atoms with Gasteiger partial charge in [-0.25, -0.2) is 0 Å². The van der Waals surface area contributed by atoms with Gasteiger partial charge in [0.25, 0.3) is 0 Å². The summed E-state index contributed by atoms with van der Waals surface area (Å²) < 4.78 is 0. The van der Waals surface area contributed by atoms with Crippen LogP contribution in [-0.2, 0) is 24.1 Å². The molecule has 122 valence electrons. The van der Waals surface area contributed by atoms with E-state index in [1.54, 1.807) is 0 Å². The molecule has 1 aliphatic carbocycles. The number of aromatic nitrogens is 1. The van der Waals surface area contributed by atoms with Crippen molar-refractivity contribution in [1.82, 2.24) is 4.98 Å². The lowest BCUT2D eigenvalue weighted by Gasteiger charge is -2.22. The van der Waals surface area contributed by atoms with Gasteiger partial charge in [-0.2, -0.15) is 0 Å². The fourth-order valence-electron chi connectivity index (χ4n) is 3.66. The van der Waals surface area contributed by atoms with Crippen LogP contribution in [0.3, 0.4) is 0 Å². The minimum atomic E-state index is 0.0440. The average molecular weight is 318 g/mol. The highest BCUT2D eigenvalue weighted by atomic mass is 16.1. The molecule has 0 bridgehead atoms. The first-order chi connectivity index (χ1) is 11.7. The zero-order valence-electron chi connectivity index (χ0n) is 13.9. The molecule has 0 fully saturated rings. The van der Waals surface area contributed by atoms with Gasteiger partial charge in [0.1, 0.15) is 0 Å². The van der Waals surface area contributed by atoms with E-state index in [0.717, 1.165) is 31.4 Å². The van der Waals surface area contributed by atoms with Gasteiger partial charge in [-0.05, 0) is 55.0 Å². The van der Waals surface area contributed by atoms with Crippen LogP contribution in [0.5, 0.6) is 0 Å². The average Bonchev–Trinajstić information content (AvgIpc) is 3.00. The molecule has 3 aromatic rings. The Morgan fingerprint density at radius 1 is 1.17 bits per heavy atom. The zero-order chi connectivity index (χ0) is 16.5. The Hall–Kier alpha value is -2.55. The number of H-pyrrole nitrogens is 1. The van der Waals surface area contributed by atoms with E-state index < -0.39 is 0 Å². The van der Waals surface area contributed by atoms with Gasteiger partial charge in [0.05, 0.1) is 0 Å². The Morgan fingerprint density at radius 3 is 2.75 bits per heavy atom. The van der Waals surface area contributed by atoms with E-state index in [2.05, 4.69) is 53.6 Å². The lowest BCUT2D eigenvalue weighted by Crippen LogP contribution is -2.28. The van der Waals surface area contributed by atoms with E-state index in [1.165, 1.54) is 27.7 Å². The summed E-state index contributed by atoms with van der Waals surface area (Å²) in [7, 11) is 0. The van der Waals surface area contributed by atoms with E-state index in [-0.39, 0.29) is 11.8 Å². The van der Waals surface area contributed by atoms with E-state index >= 15 is 0 Å². The Balaban J connectivity index is 1.52. The van der Waals surface area contributed by atoms with E-state index in [0.29, 0.717) is 0 Å². The maximum Gasteiger partial charge on any atom is 0.227 e. The number of carbonyl (C=O) groups is 1. The van der Waals surface area contributed by atoms with Gasteiger partial charge < -0.3 is 10.3 Å². The molecule has 1 aliphatic rings. The number of nitrogens with one attached hydrogen (secondary N) is 2. The number of anilines is 1. The number of amides is 1. The van der Waals surface area contributed by atoms with Gasteiger partial charge in [0.2, 0.25) is 5.91 Å². The van der Waals surface area contributed by atoms with Crippen LogP contribution >= 0.6 is 0 Å². The molecule has 0 spiro atoms.